The molecule has 4 heteroatoms. The molecule has 1 amide bonds. The number of β-amino-alcohol motifs (C(OH)–C–C–N with tert-alkyl or cyclic N) is 1. The Morgan fingerprint density at radius 1 is 1.45 bits per heavy atom. The number of hydrogen-bond acceptors (Lipinski definition) is 3. The molecule has 2 atom stereocenters. The van der Waals surface area contributed by atoms with Crippen LogP contribution in [0.15, 0.2) is 24.3 Å². The average molecular weight is 276 g/mol. The number of aliphatic hydroxyl groups excluding tert-OH is 1. The smallest absolute Gasteiger partial charge is 0.237 e. The lowest BCUT2D eigenvalue weighted by Crippen LogP contribution is -2.45. The average Bonchev–Trinajstić information content (AvgIpc) is 2.83. The van der Waals surface area contributed by atoms with Crippen LogP contribution >= 0.6 is 0 Å². The maximum atomic E-state index is 12.1. The van der Waals surface area contributed by atoms with E-state index in [2.05, 4.69) is 43.5 Å². The summed E-state index contributed by atoms with van der Waals surface area (Å²) < 4.78 is 0. The van der Waals surface area contributed by atoms with Gasteiger partial charge in [0.15, 0.2) is 0 Å². The Kier molecular flexibility index (Phi) is 4.45. The zero-order valence-corrected chi connectivity index (χ0v) is 12.4. The van der Waals surface area contributed by atoms with E-state index >= 15 is 0 Å². The first-order valence-electron chi connectivity index (χ1n) is 7.15. The molecule has 1 heterocycles. The summed E-state index contributed by atoms with van der Waals surface area (Å²) in [6, 6.07) is 7.99. The fourth-order valence-electron chi connectivity index (χ4n) is 2.78. The summed E-state index contributed by atoms with van der Waals surface area (Å²) in [5, 5.41) is 15.5. The minimum Gasteiger partial charge on any atom is -0.392 e. The van der Waals surface area contributed by atoms with Gasteiger partial charge in [-0.3, -0.25) is 4.79 Å². The monoisotopic (exact) mass is 276 g/mol. The molecular formula is C16H24N2O2. The molecule has 1 saturated heterocycles. The van der Waals surface area contributed by atoms with Crippen LogP contribution in [0.4, 0.5) is 0 Å². The molecule has 20 heavy (non-hydrogen) atoms. The summed E-state index contributed by atoms with van der Waals surface area (Å²) >= 11 is 0. The van der Waals surface area contributed by atoms with Crippen molar-refractivity contribution in [3.8, 4) is 0 Å². The van der Waals surface area contributed by atoms with Gasteiger partial charge >= 0.3 is 0 Å². The molecule has 2 unspecified atom stereocenters. The lowest BCUT2D eigenvalue weighted by molar-refractivity contribution is -0.123. The highest BCUT2D eigenvalue weighted by molar-refractivity contribution is 5.82. The van der Waals surface area contributed by atoms with Crippen molar-refractivity contribution < 1.29 is 9.90 Å². The number of carbonyl (C=O) groups is 1. The van der Waals surface area contributed by atoms with Gasteiger partial charge in [0.1, 0.15) is 0 Å². The van der Waals surface area contributed by atoms with Crippen molar-refractivity contribution in [3.05, 3.63) is 35.4 Å². The Balaban J connectivity index is 1.96. The van der Waals surface area contributed by atoms with E-state index in [-0.39, 0.29) is 17.4 Å². The number of carbonyl (C=O) groups excluding carboxylic acids is 1. The van der Waals surface area contributed by atoms with Gasteiger partial charge in [-0.05, 0) is 24.5 Å². The second kappa shape index (κ2) is 5.94. The molecule has 0 radical (unpaired) electrons. The first-order chi connectivity index (χ1) is 9.40. The van der Waals surface area contributed by atoms with Crippen LogP contribution in [0.2, 0.25) is 0 Å². The van der Waals surface area contributed by atoms with Gasteiger partial charge in [0.2, 0.25) is 5.91 Å². The van der Waals surface area contributed by atoms with Crippen LogP contribution < -0.4 is 10.6 Å². The van der Waals surface area contributed by atoms with E-state index in [0.717, 1.165) is 0 Å². The minimum absolute atomic E-state index is 0.0248. The molecule has 1 aromatic carbocycles. The van der Waals surface area contributed by atoms with Gasteiger partial charge in [-0.1, -0.05) is 38.1 Å². The van der Waals surface area contributed by atoms with Gasteiger partial charge in [0.25, 0.3) is 0 Å². The standard InChI is InChI=1S/C16H24N2O2/c1-11-6-4-5-7-13(11)16(2,3)10-18-15(20)14-8-12(19)9-17-14/h4-7,12,14,17,19H,8-10H2,1-3H3,(H,18,20). The predicted molar refractivity (Wildman–Crippen MR) is 79.6 cm³/mol. The van der Waals surface area contributed by atoms with E-state index < -0.39 is 6.10 Å². The highest BCUT2D eigenvalue weighted by Crippen LogP contribution is 2.25. The van der Waals surface area contributed by atoms with Crippen molar-refractivity contribution in [1.29, 1.82) is 0 Å². The van der Waals surface area contributed by atoms with Crippen LogP contribution in [0, 0.1) is 6.92 Å². The van der Waals surface area contributed by atoms with E-state index in [4.69, 9.17) is 0 Å². The van der Waals surface area contributed by atoms with Crippen LogP contribution in [0.1, 0.15) is 31.4 Å². The fraction of sp³-hybridized carbons (Fsp3) is 0.562. The number of aryl methyl sites for hydroxylation is 1. The number of rotatable bonds is 4. The molecule has 1 aromatic rings. The Labute approximate surface area is 120 Å². The minimum atomic E-state index is -0.407. The summed E-state index contributed by atoms with van der Waals surface area (Å²) in [5.74, 6) is -0.0248. The normalized spacial score (nSPS) is 22.8. The second-order valence-electron chi connectivity index (χ2n) is 6.27. The quantitative estimate of drug-likeness (QED) is 0.772. The SMILES string of the molecule is Cc1ccccc1C(C)(C)CNC(=O)C1CC(O)CN1. The predicted octanol–water partition coefficient (Wildman–Crippen LogP) is 1.11. The first kappa shape index (κ1) is 15.0. The third kappa shape index (κ3) is 3.38. The van der Waals surface area contributed by atoms with E-state index in [1.807, 2.05) is 12.1 Å². The first-order valence-corrected chi connectivity index (χ1v) is 7.15. The van der Waals surface area contributed by atoms with Gasteiger partial charge in [-0.15, -0.1) is 0 Å². The highest BCUT2D eigenvalue weighted by Gasteiger charge is 2.29. The van der Waals surface area contributed by atoms with E-state index in [9.17, 15) is 9.90 Å². The highest BCUT2D eigenvalue weighted by atomic mass is 16.3. The summed E-state index contributed by atoms with van der Waals surface area (Å²) in [6.07, 6.45) is 0.0894. The molecule has 110 valence electrons. The Morgan fingerprint density at radius 3 is 2.75 bits per heavy atom. The van der Waals surface area contributed by atoms with Crippen LogP contribution in [0.5, 0.6) is 0 Å². The topological polar surface area (TPSA) is 61.4 Å². The molecule has 0 saturated carbocycles. The lowest BCUT2D eigenvalue weighted by Gasteiger charge is -2.28. The van der Waals surface area contributed by atoms with Crippen molar-refractivity contribution in [2.24, 2.45) is 0 Å². The molecule has 1 fully saturated rings. The summed E-state index contributed by atoms with van der Waals surface area (Å²) in [7, 11) is 0. The molecule has 0 aromatic heterocycles. The summed E-state index contributed by atoms with van der Waals surface area (Å²) in [4.78, 5) is 12.1. The van der Waals surface area contributed by atoms with Crippen molar-refractivity contribution in [2.75, 3.05) is 13.1 Å². The van der Waals surface area contributed by atoms with Crippen molar-refractivity contribution in [2.45, 2.75) is 44.8 Å². The van der Waals surface area contributed by atoms with Gasteiger partial charge in [0, 0.05) is 18.5 Å². The number of hydrogen-bond donors (Lipinski definition) is 3. The Hall–Kier alpha value is -1.39. The molecule has 1 aliphatic rings. The van der Waals surface area contributed by atoms with Crippen molar-refractivity contribution in [1.82, 2.24) is 10.6 Å². The third-order valence-corrected chi connectivity index (χ3v) is 4.00. The summed E-state index contributed by atoms with van der Waals surface area (Å²) in [6.45, 7) is 7.44. The van der Waals surface area contributed by atoms with E-state index in [1.165, 1.54) is 11.1 Å². The third-order valence-electron chi connectivity index (χ3n) is 4.00. The number of benzene rings is 1. The van der Waals surface area contributed by atoms with Gasteiger partial charge in [0.05, 0.1) is 12.1 Å². The fourth-order valence-corrected chi connectivity index (χ4v) is 2.78. The van der Waals surface area contributed by atoms with Crippen LogP contribution in [-0.4, -0.2) is 36.2 Å². The lowest BCUT2D eigenvalue weighted by atomic mass is 9.82. The number of nitrogens with one attached hydrogen (secondary N) is 2. The summed E-state index contributed by atoms with van der Waals surface area (Å²) in [5.41, 5.74) is 2.37. The Morgan fingerprint density at radius 2 is 2.15 bits per heavy atom. The molecule has 4 nitrogen and oxygen atoms in total. The van der Waals surface area contributed by atoms with E-state index in [0.29, 0.717) is 19.5 Å². The molecule has 3 N–H and O–H groups in total. The largest absolute Gasteiger partial charge is 0.392 e. The van der Waals surface area contributed by atoms with Crippen molar-refractivity contribution in [3.63, 3.8) is 0 Å². The molecule has 0 bridgehead atoms. The molecule has 0 aliphatic carbocycles. The molecule has 0 spiro atoms. The maximum Gasteiger partial charge on any atom is 0.237 e. The second-order valence-corrected chi connectivity index (χ2v) is 6.27. The maximum absolute atomic E-state index is 12.1. The van der Waals surface area contributed by atoms with Crippen molar-refractivity contribution >= 4 is 5.91 Å². The molecule has 2 rings (SSSR count). The zero-order chi connectivity index (χ0) is 14.8. The van der Waals surface area contributed by atoms with Gasteiger partial charge in [-0.25, -0.2) is 0 Å². The number of aliphatic hydroxyl groups is 1. The number of amides is 1. The molecule has 1 aliphatic heterocycles. The van der Waals surface area contributed by atoms with Crippen LogP contribution in [-0.2, 0) is 10.2 Å². The zero-order valence-electron chi connectivity index (χ0n) is 12.4. The van der Waals surface area contributed by atoms with E-state index in [1.54, 1.807) is 0 Å². The van der Waals surface area contributed by atoms with Crippen LogP contribution in [0.3, 0.4) is 0 Å². The molecular weight excluding hydrogens is 252 g/mol. The van der Waals surface area contributed by atoms with Gasteiger partial charge in [-0.2, -0.15) is 0 Å². The Bertz CT molecular complexity index is 485. The van der Waals surface area contributed by atoms with Crippen LogP contribution in [0.25, 0.3) is 0 Å². The van der Waals surface area contributed by atoms with Gasteiger partial charge < -0.3 is 15.7 Å².